The molecular weight excluding hydrogens is 298 g/mol. The molecule has 1 aromatic heterocycles. The lowest BCUT2D eigenvalue weighted by Crippen LogP contribution is -2.37. The van der Waals surface area contributed by atoms with E-state index in [2.05, 4.69) is 23.0 Å². The Labute approximate surface area is 132 Å². The van der Waals surface area contributed by atoms with E-state index < -0.39 is 0 Å². The molecule has 1 atom stereocenters. The second kappa shape index (κ2) is 5.96. The van der Waals surface area contributed by atoms with Crippen molar-refractivity contribution in [3.05, 3.63) is 51.9 Å². The second-order valence-electron chi connectivity index (χ2n) is 5.43. The lowest BCUT2D eigenvalue weighted by Gasteiger charge is -2.22. The van der Waals surface area contributed by atoms with E-state index in [1.54, 1.807) is 6.92 Å². The van der Waals surface area contributed by atoms with Crippen LogP contribution in [0.1, 0.15) is 18.2 Å². The maximum absolute atomic E-state index is 12.5. The van der Waals surface area contributed by atoms with Crippen LogP contribution < -0.4 is 10.5 Å². The second-order valence-corrected chi connectivity index (χ2v) is 6.39. The van der Waals surface area contributed by atoms with E-state index in [-0.39, 0.29) is 23.3 Å². The number of thioether (sulfide) groups is 1. The van der Waals surface area contributed by atoms with E-state index in [9.17, 15) is 9.59 Å². The number of aromatic amines is 1. The molecule has 0 fully saturated rings. The molecule has 0 saturated carbocycles. The average Bonchev–Trinajstić information content (AvgIpc) is 2.79. The molecule has 2 heterocycles. The number of fused-ring (bicyclic) bond motifs is 1. The number of carbonyl (C=O) groups is 1. The van der Waals surface area contributed by atoms with Gasteiger partial charge in [-0.3, -0.25) is 9.59 Å². The van der Waals surface area contributed by atoms with Gasteiger partial charge in [-0.1, -0.05) is 30.0 Å². The van der Waals surface area contributed by atoms with E-state index in [1.807, 2.05) is 23.1 Å². The minimum absolute atomic E-state index is 0.0339. The number of nitrogens with zero attached hydrogens (tertiary/aromatic N) is 2. The normalized spacial score (nSPS) is 16.6. The molecule has 0 bridgehead atoms. The maximum atomic E-state index is 12.5. The van der Waals surface area contributed by atoms with Crippen molar-refractivity contribution in [1.29, 1.82) is 0 Å². The van der Waals surface area contributed by atoms with Crippen LogP contribution in [0.15, 0.2) is 40.3 Å². The van der Waals surface area contributed by atoms with Crippen LogP contribution in [0.3, 0.4) is 0 Å². The Bertz CT molecular complexity index is 772. The number of carbonyl (C=O) groups excluding carboxylic acids is 1. The number of hydrogen-bond donors (Lipinski definition) is 1. The van der Waals surface area contributed by atoms with Crippen molar-refractivity contribution >= 4 is 23.4 Å². The summed E-state index contributed by atoms with van der Waals surface area (Å²) in [5.74, 6) is 0.289. The van der Waals surface area contributed by atoms with Gasteiger partial charge in [0, 0.05) is 23.5 Å². The average molecular weight is 315 g/mol. The molecule has 1 aliphatic rings. The SMILES string of the molecule is Cc1cc(=O)[nH]c(SCC(=O)N2c3ccccc3C[C@H]2C)n1. The zero-order valence-corrected chi connectivity index (χ0v) is 13.3. The highest BCUT2D eigenvalue weighted by molar-refractivity contribution is 7.99. The summed E-state index contributed by atoms with van der Waals surface area (Å²) in [7, 11) is 0. The molecule has 6 heteroatoms. The monoisotopic (exact) mass is 315 g/mol. The van der Waals surface area contributed by atoms with Gasteiger partial charge in [0.25, 0.3) is 5.56 Å². The van der Waals surface area contributed by atoms with Crippen molar-refractivity contribution in [2.24, 2.45) is 0 Å². The van der Waals surface area contributed by atoms with Crippen LogP contribution in [-0.4, -0.2) is 27.7 Å². The van der Waals surface area contributed by atoms with Gasteiger partial charge in [-0.25, -0.2) is 4.98 Å². The van der Waals surface area contributed by atoms with Gasteiger partial charge < -0.3 is 9.88 Å². The highest BCUT2D eigenvalue weighted by Crippen LogP contribution is 2.32. The van der Waals surface area contributed by atoms with Crippen molar-refractivity contribution in [3.8, 4) is 0 Å². The van der Waals surface area contributed by atoms with Crippen LogP contribution in [0.5, 0.6) is 0 Å². The van der Waals surface area contributed by atoms with Gasteiger partial charge in [-0.2, -0.15) is 0 Å². The van der Waals surface area contributed by atoms with Crippen LogP contribution in [0.25, 0.3) is 0 Å². The van der Waals surface area contributed by atoms with Crippen LogP contribution >= 0.6 is 11.8 Å². The largest absolute Gasteiger partial charge is 0.308 e. The van der Waals surface area contributed by atoms with Crippen molar-refractivity contribution in [3.63, 3.8) is 0 Å². The predicted octanol–water partition coefficient (Wildman–Crippen LogP) is 2.15. The first kappa shape index (κ1) is 14.8. The number of benzene rings is 1. The van der Waals surface area contributed by atoms with Gasteiger partial charge in [0.1, 0.15) is 0 Å². The van der Waals surface area contributed by atoms with Gasteiger partial charge >= 0.3 is 0 Å². The third-order valence-electron chi connectivity index (χ3n) is 3.66. The summed E-state index contributed by atoms with van der Waals surface area (Å²) < 4.78 is 0. The summed E-state index contributed by atoms with van der Waals surface area (Å²) in [6, 6.07) is 9.58. The third kappa shape index (κ3) is 2.92. The maximum Gasteiger partial charge on any atom is 0.251 e. The summed E-state index contributed by atoms with van der Waals surface area (Å²) in [4.78, 5) is 32.7. The summed E-state index contributed by atoms with van der Waals surface area (Å²) in [5, 5.41) is 0.485. The molecule has 0 saturated heterocycles. The minimum Gasteiger partial charge on any atom is -0.308 e. The zero-order valence-electron chi connectivity index (χ0n) is 12.5. The molecule has 0 spiro atoms. The fourth-order valence-electron chi connectivity index (χ4n) is 2.77. The molecule has 1 N–H and O–H groups in total. The molecule has 3 rings (SSSR count). The van der Waals surface area contributed by atoms with Crippen molar-refractivity contribution in [1.82, 2.24) is 9.97 Å². The van der Waals surface area contributed by atoms with E-state index in [0.717, 1.165) is 12.1 Å². The third-order valence-corrected chi connectivity index (χ3v) is 4.51. The summed E-state index contributed by atoms with van der Waals surface area (Å²) in [5.41, 5.74) is 2.66. The number of nitrogens with one attached hydrogen (secondary N) is 1. The molecular formula is C16H17N3O2S. The van der Waals surface area contributed by atoms with Crippen molar-refractivity contribution in [2.75, 3.05) is 10.7 Å². The molecule has 0 unspecified atom stereocenters. The Kier molecular flexibility index (Phi) is 4.02. The predicted molar refractivity (Wildman–Crippen MR) is 87.4 cm³/mol. The Morgan fingerprint density at radius 1 is 1.45 bits per heavy atom. The zero-order chi connectivity index (χ0) is 15.7. The van der Waals surface area contributed by atoms with Crippen molar-refractivity contribution in [2.45, 2.75) is 31.5 Å². The number of rotatable bonds is 3. The van der Waals surface area contributed by atoms with Crippen LogP contribution in [0.4, 0.5) is 5.69 Å². The number of H-pyrrole nitrogens is 1. The topological polar surface area (TPSA) is 66.1 Å². The number of para-hydroxylation sites is 1. The first-order chi connectivity index (χ1) is 10.5. The van der Waals surface area contributed by atoms with E-state index in [1.165, 1.54) is 23.4 Å². The van der Waals surface area contributed by atoms with Gasteiger partial charge in [0.2, 0.25) is 5.91 Å². The molecule has 1 aromatic carbocycles. The Balaban J connectivity index is 1.74. The van der Waals surface area contributed by atoms with Gasteiger partial charge in [-0.15, -0.1) is 0 Å². The standard InChI is InChI=1S/C16H17N3O2S/c1-10-7-14(20)18-16(17-10)22-9-15(21)19-11(2)8-12-5-3-4-6-13(12)19/h3-7,11H,8-9H2,1-2H3,(H,17,18,20)/t11-/m1/s1. The molecule has 1 aliphatic heterocycles. The number of hydrogen-bond acceptors (Lipinski definition) is 4. The summed E-state index contributed by atoms with van der Waals surface area (Å²) in [6.07, 6.45) is 0.881. The molecule has 0 aliphatic carbocycles. The lowest BCUT2D eigenvalue weighted by molar-refractivity contribution is -0.116. The highest BCUT2D eigenvalue weighted by Gasteiger charge is 2.30. The number of aryl methyl sites for hydroxylation is 1. The smallest absolute Gasteiger partial charge is 0.251 e. The summed E-state index contributed by atoms with van der Waals surface area (Å²) >= 11 is 1.26. The number of anilines is 1. The number of amides is 1. The fourth-order valence-corrected chi connectivity index (χ4v) is 3.55. The lowest BCUT2D eigenvalue weighted by atomic mass is 10.1. The number of aromatic nitrogens is 2. The van der Waals surface area contributed by atoms with E-state index >= 15 is 0 Å². The molecule has 1 amide bonds. The van der Waals surface area contributed by atoms with Crippen molar-refractivity contribution < 1.29 is 4.79 Å². The van der Waals surface area contributed by atoms with Gasteiger partial charge in [0.05, 0.1) is 5.75 Å². The first-order valence-electron chi connectivity index (χ1n) is 7.15. The van der Waals surface area contributed by atoms with Crippen LogP contribution in [0.2, 0.25) is 0 Å². The molecule has 2 aromatic rings. The first-order valence-corrected chi connectivity index (χ1v) is 8.14. The molecule has 5 nitrogen and oxygen atoms in total. The molecule has 22 heavy (non-hydrogen) atoms. The highest BCUT2D eigenvalue weighted by atomic mass is 32.2. The van der Waals surface area contributed by atoms with Gasteiger partial charge in [0.15, 0.2) is 5.16 Å². The Hall–Kier alpha value is -2.08. The van der Waals surface area contributed by atoms with E-state index in [0.29, 0.717) is 10.9 Å². The molecule has 0 radical (unpaired) electrons. The molecule has 114 valence electrons. The van der Waals surface area contributed by atoms with E-state index in [4.69, 9.17) is 0 Å². The summed E-state index contributed by atoms with van der Waals surface area (Å²) in [6.45, 7) is 3.81. The minimum atomic E-state index is -0.192. The Morgan fingerprint density at radius 2 is 2.23 bits per heavy atom. The van der Waals surface area contributed by atoms with Gasteiger partial charge in [-0.05, 0) is 31.9 Å². The van der Waals surface area contributed by atoms with Crippen LogP contribution in [-0.2, 0) is 11.2 Å². The quantitative estimate of drug-likeness (QED) is 0.696. The fraction of sp³-hybridized carbons (Fsp3) is 0.312. The van der Waals surface area contributed by atoms with Crippen LogP contribution in [0, 0.1) is 6.92 Å². The Morgan fingerprint density at radius 3 is 3.00 bits per heavy atom.